The maximum atomic E-state index is 5.59. The van der Waals surface area contributed by atoms with Crippen molar-refractivity contribution in [2.45, 2.75) is 27.2 Å². The van der Waals surface area contributed by atoms with Crippen molar-refractivity contribution in [1.29, 1.82) is 0 Å². The average Bonchev–Trinajstić information content (AvgIpc) is 2.15. The Balaban J connectivity index is 2.25. The molecule has 1 nitrogen and oxygen atoms in total. The van der Waals surface area contributed by atoms with Gasteiger partial charge in [0.15, 0.2) is 0 Å². The summed E-state index contributed by atoms with van der Waals surface area (Å²) in [6, 6.07) is 6.51. The molecule has 0 bridgehead atoms. The molecule has 1 heterocycles. The molecular weight excluding hydrogens is 184 g/mol. The summed E-state index contributed by atoms with van der Waals surface area (Å²) in [5, 5.41) is 0. The maximum absolute atomic E-state index is 5.59. The lowest BCUT2D eigenvalue weighted by Crippen LogP contribution is -2.09. The Morgan fingerprint density at radius 1 is 1.27 bits per heavy atom. The van der Waals surface area contributed by atoms with E-state index in [0.29, 0.717) is 12.0 Å². The SMILES string of the molecule is CC(C)(C)Cc1ccc2c(c1)OCC=C2. The minimum absolute atomic E-state index is 0.332. The van der Waals surface area contributed by atoms with Gasteiger partial charge in [-0.05, 0) is 29.5 Å². The van der Waals surface area contributed by atoms with E-state index in [0.717, 1.165) is 12.2 Å². The van der Waals surface area contributed by atoms with Crippen LogP contribution in [-0.4, -0.2) is 6.61 Å². The molecule has 1 aromatic carbocycles. The fraction of sp³-hybridized carbons (Fsp3) is 0.429. The largest absolute Gasteiger partial charge is 0.489 e. The van der Waals surface area contributed by atoms with Crippen LogP contribution in [0.4, 0.5) is 0 Å². The van der Waals surface area contributed by atoms with Crippen LogP contribution in [-0.2, 0) is 6.42 Å². The highest BCUT2D eigenvalue weighted by atomic mass is 16.5. The first kappa shape index (κ1) is 10.3. The van der Waals surface area contributed by atoms with Crippen LogP contribution in [0.1, 0.15) is 31.9 Å². The zero-order valence-electron chi connectivity index (χ0n) is 9.71. The summed E-state index contributed by atoms with van der Waals surface area (Å²) < 4.78 is 5.59. The van der Waals surface area contributed by atoms with Gasteiger partial charge in [0.25, 0.3) is 0 Å². The van der Waals surface area contributed by atoms with Crippen LogP contribution < -0.4 is 4.74 Å². The van der Waals surface area contributed by atoms with Gasteiger partial charge in [0.2, 0.25) is 0 Å². The van der Waals surface area contributed by atoms with E-state index >= 15 is 0 Å². The van der Waals surface area contributed by atoms with Gasteiger partial charge in [-0.25, -0.2) is 0 Å². The number of benzene rings is 1. The number of hydrogen-bond donors (Lipinski definition) is 0. The van der Waals surface area contributed by atoms with E-state index in [4.69, 9.17) is 4.74 Å². The summed E-state index contributed by atoms with van der Waals surface area (Å²) in [4.78, 5) is 0. The van der Waals surface area contributed by atoms with Crippen molar-refractivity contribution in [3.63, 3.8) is 0 Å². The Labute approximate surface area is 91.8 Å². The Hall–Kier alpha value is -1.24. The zero-order valence-corrected chi connectivity index (χ0v) is 9.71. The highest BCUT2D eigenvalue weighted by Crippen LogP contribution is 2.28. The summed E-state index contributed by atoms with van der Waals surface area (Å²) >= 11 is 0. The Bertz CT molecular complexity index is 383. The van der Waals surface area contributed by atoms with Crippen LogP contribution in [0, 0.1) is 5.41 Å². The van der Waals surface area contributed by atoms with Crippen molar-refractivity contribution < 1.29 is 4.74 Å². The molecular formula is C14H18O. The Kier molecular flexibility index (Phi) is 2.56. The molecule has 2 rings (SSSR count). The highest BCUT2D eigenvalue weighted by molar-refractivity contribution is 5.60. The lowest BCUT2D eigenvalue weighted by atomic mass is 9.88. The molecule has 1 heteroatoms. The van der Waals surface area contributed by atoms with E-state index in [-0.39, 0.29) is 0 Å². The van der Waals surface area contributed by atoms with Gasteiger partial charge in [0.05, 0.1) is 0 Å². The van der Waals surface area contributed by atoms with Crippen LogP contribution in [0.25, 0.3) is 6.08 Å². The molecule has 80 valence electrons. The predicted octanol–water partition coefficient (Wildman–Crippen LogP) is 3.68. The molecule has 0 amide bonds. The molecule has 0 saturated heterocycles. The smallest absolute Gasteiger partial charge is 0.127 e. The minimum atomic E-state index is 0.332. The molecule has 0 spiro atoms. The molecule has 1 aromatic rings. The fourth-order valence-corrected chi connectivity index (χ4v) is 1.88. The van der Waals surface area contributed by atoms with Crippen LogP contribution in [0.5, 0.6) is 5.75 Å². The van der Waals surface area contributed by atoms with Crippen LogP contribution in [0.2, 0.25) is 0 Å². The van der Waals surface area contributed by atoms with E-state index in [1.807, 2.05) is 6.08 Å². The first-order valence-corrected chi connectivity index (χ1v) is 5.47. The third kappa shape index (κ3) is 2.62. The first-order valence-electron chi connectivity index (χ1n) is 5.47. The van der Waals surface area contributed by atoms with E-state index in [9.17, 15) is 0 Å². The number of ether oxygens (including phenoxy) is 1. The van der Waals surface area contributed by atoms with E-state index in [2.05, 4.69) is 45.0 Å². The molecule has 0 saturated carbocycles. The van der Waals surface area contributed by atoms with E-state index in [1.54, 1.807) is 0 Å². The Morgan fingerprint density at radius 3 is 2.80 bits per heavy atom. The van der Waals surface area contributed by atoms with E-state index in [1.165, 1.54) is 11.1 Å². The standard InChI is InChI=1S/C14H18O/c1-14(2,3)10-11-6-7-12-5-4-8-15-13(12)9-11/h4-7,9H,8,10H2,1-3H3. The van der Waals surface area contributed by atoms with Gasteiger partial charge in [0, 0.05) is 5.56 Å². The normalized spacial score (nSPS) is 14.6. The number of fused-ring (bicyclic) bond motifs is 1. The summed E-state index contributed by atoms with van der Waals surface area (Å²) in [7, 11) is 0. The van der Waals surface area contributed by atoms with Gasteiger partial charge in [-0.2, -0.15) is 0 Å². The summed E-state index contributed by atoms with van der Waals surface area (Å²) in [5.74, 6) is 1.03. The molecule has 0 N–H and O–H groups in total. The van der Waals surface area contributed by atoms with Gasteiger partial charge in [-0.3, -0.25) is 0 Å². The number of rotatable bonds is 1. The Morgan fingerprint density at radius 2 is 2.07 bits per heavy atom. The molecule has 0 fully saturated rings. The van der Waals surface area contributed by atoms with Gasteiger partial charge < -0.3 is 4.74 Å². The van der Waals surface area contributed by atoms with Crippen LogP contribution in [0.15, 0.2) is 24.3 Å². The van der Waals surface area contributed by atoms with Crippen molar-refractivity contribution in [2.24, 2.45) is 5.41 Å². The van der Waals surface area contributed by atoms with E-state index < -0.39 is 0 Å². The molecule has 0 aliphatic carbocycles. The summed E-state index contributed by atoms with van der Waals surface area (Å²) in [6.07, 6.45) is 5.26. The molecule has 1 aliphatic heterocycles. The summed E-state index contributed by atoms with van der Waals surface area (Å²) in [5.41, 5.74) is 2.88. The second kappa shape index (κ2) is 3.73. The van der Waals surface area contributed by atoms with Gasteiger partial charge >= 0.3 is 0 Å². The zero-order chi connectivity index (χ0) is 10.9. The second-order valence-corrected chi connectivity index (χ2v) is 5.32. The second-order valence-electron chi connectivity index (χ2n) is 5.32. The maximum Gasteiger partial charge on any atom is 0.127 e. The van der Waals surface area contributed by atoms with Gasteiger partial charge in [0.1, 0.15) is 12.4 Å². The van der Waals surface area contributed by atoms with Crippen molar-refractivity contribution in [3.05, 3.63) is 35.4 Å². The molecule has 15 heavy (non-hydrogen) atoms. The molecule has 0 aromatic heterocycles. The monoisotopic (exact) mass is 202 g/mol. The highest BCUT2D eigenvalue weighted by Gasteiger charge is 2.13. The van der Waals surface area contributed by atoms with Crippen molar-refractivity contribution in [1.82, 2.24) is 0 Å². The number of hydrogen-bond acceptors (Lipinski definition) is 1. The van der Waals surface area contributed by atoms with Crippen molar-refractivity contribution in [3.8, 4) is 5.75 Å². The van der Waals surface area contributed by atoms with Crippen LogP contribution in [0.3, 0.4) is 0 Å². The molecule has 0 unspecified atom stereocenters. The first-order chi connectivity index (χ1) is 7.04. The van der Waals surface area contributed by atoms with Gasteiger partial charge in [-0.1, -0.05) is 39.0 Å². The predicted molar refractivity (Wildman–Crippen MR) is 64.1 cm³/mol. The third-order valence-corrected chi connectivity index (χ3v) is 2.44. The van der Waals surface area contributed by atoms with Crippen LogP contribution >= 0.6 is 0 Å². The summed E-state index contributed by atoms with van der Waals surface area (Å²) in [6.45, 7) is 7.47. The topological polar surface area (TPSA) is 9.23 Å². The van der Waals surface area contributed by atoms with Gasteiger partial charge in [-0.15, -0.1) is 0 Å². The molecule has 0 atom stereocenters. The fourth-order valence-electron chi connectivity index (χ4n) is 1.88. The lowest BCUT2D eigenvalue weighted by molar-refractivity contribution is 0.356. The lowest BCUT2D eigenvalue weighted by Gasteiger charge is -2.20. The molecule has 0 radical (unpaired) electrons. The van der Waals surface area contributed by atoms with Crippen molar-refractivity contribution >= 4 is 6.08 Å². The quantitative estimate of drug-likeness (QED) is 0.675. The average molecular weight is 202 g/mol. The third-order valence-electron chi connectivity index (χ3n) is 2.44. The molecule has 1 aliphatic rings. The van der Waals surface area contributed by atoms with Crippen molar-refractivity contribution in [2.75, 3.05) is 6.61 Å². The minimum Gasteiger partial charge on any atom is -0.489 e.